The van der Waals surface area contributed by atoms with Gasteiger partial charge in [-0.05, 0) is 75.2 Å². The fourth-order valence-electron chi connectivity index (χ4n) is 6.96. The van der Waals surface area contributed by atoms with E-state index in [1.165, 1.54) is 29.5 Å². The molecule has 9 rings (SSSR count). The number of benzene rings is 5. The van der Waals surface area contributed by atoms with Crippen molar-refractivity contribution in [3.8, 4) is 39.6 Å². The van der Waals surface area contributed by atoms with Gasteiger partial charge < -0.3 is 9.55 Å². The molecule has 4 aromatic heterocycles. The number of imidazole rings is 1. The molecule has 58 heavy (non-hydrogen) atoms. The summed E-state index contributed by atoms with van der Waals surface area (Å²) in [6.45, 7) is 12.6. The summed E-state index contributed by atoms with van der Waals surface area (Å²) in [4.78, 5) is 15.0. The zero-order chi connectivity index (χ0) is 41.7. The van der Waals surface area contributed by atoms with Crippen molar-refractivity contribution in [2.75, 3.05) is 0 Å². The smallest absolute Gasteiger partial charge is 0.135 e. The standard InChI is InChI=1S/C30H16F2N3S.C19H26NSi.Ir/c31-22-12-7-13-23(32)27(22)25-17-16-20-19-10-6-11-21(28(19)36-30(20)34-25)29-33-24-14-4-5-15-26(24)35(29)18-8-2-1-3-9-18;1-19(2,3)13-16-12-17(15-10-8-7-9-11-15)20-14-18(16)21(4,5)6;/h1-10,12-17H;7-10,12,14H,13H2,1-6H3;/q2*-1;/i;13D2;. The Hall–Kier alpha value is -5.18. The van der Waals surface area contributed by atoms with Crippen molar-refractivity contribution in [3.05, 3.63) is 163 Å². The number of rotatable bonds is 6. The topological polar surface area (TPSA) is 43.6 Å². The Morgan fingerprint density at radius 2 is 1.48 bits per heavy atom. The summed E-state index contributed by atoms with van der Waals surface area (Å²) in [6.07, 6.45) is 0.469. The van der Waals surface area contributed by atoms with E-state index in [-0.39, 0.29) is 31.4 Å². The van der Waals surface area contributed by atoms with E-state index in [0.717, 1.165) is 65.6 Å². The Bertz CT molecular complexity index is 2960. The van der Waals surface area contributed by atoms with Crippen LogP contribution < -0.4 is 5.19 Å². The van der Waals surface area contributed by atoms with E-state index in [1.807, 2.05) is 112 Å². The minimum Gasteiger partial charge on any atom is -0.333 e. The Balaban J connectivity index is 0.000000198. The second-order valence-corrected chi connectivity index (χ2v) is 22.0. The molecule has 293 valence electrons. The minimum absolute atomic E-state index is 0. The van der Waals surface area contributed by atoms with Gasteiger partial charge in [0.2, 0.25) is 0 Å². The molecule has 4 heterocycles. The van der Waals surface area contributed by atoms with Gasteiger partial charge in [-0.2, -0.15) is 11.3 Å². The number of halogens is 2. The average molecular weight is 979 g/mol. The molecule has 9 heteroatoms. The number of hydrogen-bond donors (Lipinski definition) is 0. The van der Waals surface area contributed by atoms with Gasteiger partial charge in [0.25, 0.3) is 0 Å². The van der Waals surface area contributed by atoms with Gasteiger partial charge in [-0.15, -0.1) is 54.1 Å². The monoisotopic (exact) mass is 979 g/mol. The van der Waals surface area contributed by atoms with Crippen LogP contribution in [0.4, 0.5) is 8.78 Å². The average Bonchev–Trinajstić information content (AvgIpc) is 3.79. The fraction of sp³-hybridized carbons (Fsp3) is 0.163. The first-order valence-electron chi connectivity index (χ1n) is 19.8. The van der Waals surface area contributed by atoms with Crippen molar-refractivity contribution in [2.45, 2.75) is 46.8 Å². The van der Waals surface area contributed by atoms with E-state index in [9.17, 15) is 8.78 Å². The SMILES string of the molecule is Fc1cccc(F)c1-c1ccc2c(n1)sc1c(-c3nc4ccccc4n3-c3ccccc3)[c-]ccc12.[2H]C([2H])(c1cc(-c2[c-]cccc2)ncc1[Si](C)(C)C)C(C)(C)C.[Ir]. The van der Waals surface area contributed by atoms with Gasteiger partial charge in [0.15, 0.2) is 0 Å². The molecule has 0 N–H and O–H groups in total. The van der Waals surface area contributed by atoms with Crippen LogP contribution in [-0.2, 0) is 26.5 Å². The molecular weight excluding hydrogens is 935 g/mol. The second-order valence-electron chi connectivity index (χ2n) is 16.0. The van der Waals surface area contributed by atoms with Crippen molar-refractivity contribution < 1.29 is 31.6 Å². The van der Waals surface area contributed by atoms with E-state index >= 15 is 0 Å². The molecule has 0 saturated carbocycles. The molecule has 0 unspecified atom stereocenters. The Morgan fingerprint density at radius 3 is 2.19 bits per heavy atom. The van der Waals surface area contributed by atoms with Gasteiger partial charge >= 0.3 is 0 Å². The van der Waals surface area contributed by atoms with Crippen LogP contribution in [0.3, 0.4) is 0 Å². The summed E-state index contributed by atoms with van der Waals surface area (Å²) < 4.78 is 49.5. The molecule has 0 spiro atoms. The molecule has 0 aliphatic rings. The molecule has 4 nitrogen and oxygen atoms in total. The molecule has 0 atom stereocenters. The van der Waals surface area contributed by atoms with E-state index < -0.39 is 31.5 Å². The van der Waals surface area contributed by atoms with E-state index in [4.69, 9.17) is 7.73 Å². The molecule has 0 saturated heterocycles. The fourth-order valence-corrected chi connectivity index (χ4v) is 9.52. The van der Waals surface area contributed by atoms with Crippen molar-refractivity contribution in [2.24, 2.45) is 5.41 Å². The molecular formula is C49H42F2IrN4SSi-2. The minimum atomic E-state index is -1.70. The van der Waals surface area contributed by atoms with Gasteiger partial charge in [0.05, 0.1) is 36.2 Å². The quantitative estimate of drug-likeness (QED) is 0.123. The number of hydrogen-bond acceptors (Lipinski definition) is 4. The number of fused-ring (bicyclic) bond motifs is 4. The van der Waals surface area contributed by atoms with Crippen LogP contribution in [0.25, 0.3) is 70.9 Å². The molecule has 0 fully saturated rings. The van der Waals surface area contributed by atoms with Crippen LogP contribution in [0, 0.1) is 29.2 Å². The van der Waals surface area contributed by atoms with Gasteiger partial charge in [-0.3, -0.25) is 4.98 Å². The first-order valence-corrected chi connectivity index (χ1v) is 23.1. The van der Waals surface area contributed by atoms with Crippen LogP contribution in [-0.4, -0.2) is 27.6 Å². The predicted molar refractivity (Wildman–Crippen MR) is 236 cm³/mol. The maximum atomic E-state index is 14.4. The normalized spacial score (nSPS) is 12.5. The molecule has 0 aliphatic carbocycles. The third-order valence-electron chi connectivity index (χ3n) is 9.52. The van der Waals surface area contributed by atoms with Crippen LogP contribution in [0.15, 0.2) is 134 Å². The zero-order valence-electron chi connectivity index (χ0n) is 35.0. The van der Waals surface area contributed by atoms with Gasteiger partial charge in [0.1, 0.15) is 16.5 Å². The number of nitrogens with zero attached hydrogens (tertiary/aromatic N) is 4. The summed E-state index contributed by atoms with van der Waals surface area (Å²) >= 11 is 1.48. The van der Waals surface area contributed by atoms with Crippen LogP contribution in [0.2, 0.25) is 19.6 Å². The molecule has 0 amide bonds. The summed E-state index contributed by atoms with van der Waals surface area (Å²) in [6, 6.07) is 45.7. The Kier molecular flexibility index (Phi) is 11.0. The number of para-hydroxylation sites is 3. The maximum absolute atomic E-state index is 14.4. The third-order valence-corrected chi connectivity index (χ3v) is 12.7. The van der Waals surface area contributed by atoms with Crippen molar-refractivity contribution >= 4 is 55.9 Å². The van der Waals surface area contributed by atoms with Crippen LogP contribution in [0.5, 0.6) is 0 Å². The van der Waals surface area contributed by atoms with Crippen LogP contribution >= 0.6 is 11.3 Å². The van der Waals surface area contributed by atoms with Gasteiger partial charge in [0, 0.05) is 34.7 Å². The zero-order valence-corrected chi connectivity index (χ0v) is 37.2. The number of aromatic nitrogens is 4. The van der Waals surface area contributed by atoms with E-state index in [1.54, 1.807) is 6.07 Å². The molecule has 0 aliphatic heterocycles. The van der Waals surface area contributed by atoms with Crippen molar-refractivity contribution in [1.82, 2.24) is 19.5 Å². The Morgan fingerprint density at radius 1 is 0.759 bits per heavy atom. The first-order chi connectivity index (χ1) is 28.1. The summed E-state index contributed by atoms with van der Waals surface area (Å²) in [5.41, 5.74) is 5.89. The molecule has 0 bridgehead atoms. The van der Waals surface area contributed by atoms with Crippen molar-refractivity contribution in [1.29, 1.82) is 0 Å². The molecule has 9 aromatic rings. The molecule has 5 aromatic carbocycles. The largest absolute Gasteiger partial charge is 0.333 e. The molecule has 1 radical (unpaired) electrons. The summed E-state index contributed by atoms with van der Waals surface area (Å²) in [7, 11) is -1.70. The Labute approximate surface area is 359 Å². The first kappa shape index (κ1) is 38.3. The summed E-state index contributed by atoms with van der Waals surface area (Å²) in [5, 5.41) is 3.02. The van der Waals surface area contributed by atoms with Crippen molar-refractivity contribution in [3.63, 3.8) is 0 Å². The number of thiophene rings is 1. The van der Waals surface area contributed by atoms with E-state index in [2.05, 4.69) is 64.5 Å². The maximum Gasteiger partial charge on any atom is 0.135 e. The van der Waals surface area contributed by atoms with E-state index in [0.29, 0.717) is 4.83 Å². The van der Waals surface area contributed by atoms with Crippen LogP contribution in [0.1, 0.15) is 29.1 Å². The van der Waals surface area contributed by atoms with Gasteiger partial charge in [-0.1, -0.05) is 105 Å². The third kappa shape index (κ3) is 8.36. The number of pyridine rings is 2. The van der Waals surface area contributed by atoms with Gasteiger partial charge in [-0.25, -0.2) is 13.8 Å². The predicted octanol–water partition coefficient (Wildman–Crippen LogP) is 12.9. The second kappa shape index (κ2) is 16.6. The summed E-state index contributed by atoms with van der Waals surface area (Å²) in [5.74, 6) is -0.484.